The smallest absolute Gasteiger partial charge is 0.227 e. The summed E-state index contributed by atoms with van der Waals surface area (Å²) in [4.78, 5) is 17.1. The van der Waals surface area contributed by atoms with Crippen LogP contribution in [-0.2, 0) is 21.4 Å². The maximum atomic E-state index is 13.1. The molecule has 3 fully saturated rings. The second kappa shape index (κ2) is 6.39. The van der Waals surface area contributed by atoms with E-state index in [4.69, 9.17) is 0 Å². The first-order chi connectivity index (χ1) is 12.0. The third kappa shape index (κ3) is 3.10. The van der Waals surface area contributed by atoms with E-state index >= 15 is 0 Å². The van der Waals surface area contributed by atoms with Crippen molar-refractivity contribution in [2.24, 2.45) is 5.41 Å². The standard InChI is InChI=1S/C17H26N4O3S/c22-16(19-9-11-20-10-8-18-13-20)17-6-2-1-3-15(17)21(14-4-5-14)25(23,24)12-7-17/h8,10,13-15H,1-7,9,11-12H2,(H,19,22)/t15-,17-/m1/s1. The van der Waals surface area contributed by atoms with Gasteiger partial charge in [-0.1, -0.05) is 12.8 Å². The summed E-state index contributed by atoms with van der Waals surface area (Å²) in [7, 11) is -3.22. The van der Waals surface area contributed by atoms with Gasteiger partial charge < -0.3 is 9.88 Å². The molecule has 1 aliphatic heterocycles. The van der Waals surface area contributed by atoms with Crippen molar-refractivity contribution in [3.8, 4) is 0 Å². The third-order valence-electron chi connectivity index (χ3n) is 6.00. The molecule has 138 valence electrons. The summed E-state index contributed by atoms with van der Waals surface area (Å²) in [6, 6.07) is -0.0210. The van der Waals surface area contributed by atoms with Crippen molar-refractivity contribution in [3.05, 3.63) is 18.7 Å². The van der Waals surface area contributed by atoms with Crippen molar-refractivity contribution in [2.75, 3.05) is 12.3 Å². The van der Waals surface area contributed by atoms with Crippen molar-refractivity contribution in [1.82, 2.24) is 19.2 Å². The van der Waals surface area contributed by atoms with Crippen molar-refractivity contribution in [3.63, 3.8) is 0 Å². The topological polar surface area (TPSA) is 84.3 Å². The Balaban J connectivity index is 1.51. The van der Waals surface area contributed by atoms with Gasteiger partial charge in [-0.05, 0) is 32.1 Å². The van der Waals surface area contributed by atoms with Crippen LogP contribution < -0.4 is 5.32 Å². The molecular weight excluding hydrogens is 340 g/mol. The van der Waals surface area contributed by atoms with Crippen LogP contribution in [0.2, 0.25) is 0 Å². The number of aromatic nitrogens is 2. The Kier molecular flexibility index (Phi) is 4.35. The number of carbonyl (C=O) groups is 1. The first-order valence-corrected chi connectivity index (χ1v) is 10.9. The number of imidazole rings is 1. The molecule has 1 aromatic heterocycles. The van der Waals surface area contributed by atoms with Crippen LogP contribution in [0.3, 0.4) is 0 Å². The van der Waals surface area contributed by atoms with Crippen LogP contribution in [0.1, 0.15) is 44.9 Å². The molecule has 2 atom stereocenters. The number of nitrogens with zero attached hydrogens (tertiary/aromatic N) is 3. The molecule has 2 heterocycles. The molecule has 0 radical (unpaired) electrons. The fourth-order valence-electron chi connectivity index (χ4n) is 4.58. The molecule has 2 saturated carbocycles. The van der Waals surface area contributed by atoms with Gasteiger partial charge in [0.25, 0.3) is 0 Å². The number of amides is 1. The zero-order valence-electron chi connectivity index (χ0n) is 14.4. The highest BCUT2D eigenvalue weighted by atomic mass is 32.2. The third-order valence-corrected chi connectivity index (χ3v) is 7.91. The number of hydrogen-bond acceptors (Lipinski definition) is 4. The molecule has 1 amide bonds. The van der Waals surface area contributed by atoms with Crippen LogP contribution in [-0.4, -0.2) is 52.6 Å². The molecule has 0 spiro atoms. The van der Waals surface area contributed by atoms with Gasteiger partial charge >= 0.3 is 0 Å². The van der Waals surface area contributed by atoms with Crippen LogP contribution in [0.4, 0.5) is 0 Å². The average Bonchev–Trinajstić information content (AvgIpc) is 3.28. The van der Waals surface area contributed by atoms with Gasteiger partial charge in [-0.2, -0.15) is 4.31 Å². The van der Waals surface area contributed by atoms with E-state index in [1.807, 2.05) is 10.8 Å². The lowest BCUT2D eigenvalue weighted by molar-refractivity contribution is -0.137. The van der Waals surface area contributed by atoms with E-state index in [2.05, 4.69) is 10.3 Å². The minimum atomic E-state index is -3.22. The van der Waals surface area contributed by atoms with Crippen molar-refractivity contribution in [1.29, 1.82) is 0 Å². The Morgan fingerprint density at radius 2 is 2.08 bits per heavy atom. The van der Waals surface area contributed by atoms with Gasteiger partial charge in [0, 0.05) is 37.6 Å². The largest absolute Gasteiger partial charge is 0.354 e. The Labute approximate surface area is 148 Å². The van der Waals surface area contributed by atoms with Crippen LogP contribution >= 0.6 is 0 Å². The molecule has 0 aromatic carbocycles. The summed E-state index contributed by atoms with van der Waals surface area (Å²) in [6.07, 6.45) is 11.3. The van der Waals surface area contributed by atoms with Crippen molar-refractivity contribution < 1.29 is 13.2 Å². The van der Waals surface area contributed by atoms with E-state index in [0.717, 1.165) is 38.5 Å². The second-order valence-electron chi connectivity index (χ2n) is 7.60. The number of fused-ring (bicyclic) bond motifs is 1. The molecule has 2 aliphatic carbocycles. The SMILES string of the molecule is O=C(NCCn1ccnc1)[C@@]12CCCC[C@H]1N(C1CC1)S(=O)(=O)CC2. The first kappa shape index (κ1) is 17.0. The van der Waals surface area contributed by atoms with Crippen molar-refractivity contribution >= 4 is 15.9 Å². The fourth-order valence-corrected chi connectivity index (χ4v) is 6.77. The summed E-state index contributed by atoms with van der Waals surface area (Å²) < 4.78 is 28.9. The van der Waals surface area contributed by atoms with Crippen molar-refractivity contribution in [2.45, 2.75) is 63.6 Å². The summed E-state index contributed by atoms with van der Waals surface area (Å²) >= 11 is 0. The Hall–Kier alpha value is -1.41. The molecule has 3 aliphatic rings. The lowest BCUT2D eigenvalue weighted by Crippen LogP contribution is -2.63. The Bertz CT molecular complexity index is 729. The Morgan fingerprint density at radius 3 is 2.80 bits per heavy atom. The quantitative estimate of drug-likeness (QED) is 0.846. The van der Waals surface area contributed by atoms with E-state index in [1.54, 1.807) is 16.8 Å². The normalized spacial score (nSPS) is 32.1. The summed E-state index contributed by atoms with van der Waals surface area (Å²) in [5, 5.41) is 3.08. The number of sulfonamides is 1. The highest BCUT2D eigenvalue weighted by molar-refractivity contribution is 7.89. The Morgan fingerprint density at radius 1 is 1.24 bits per heavy atom. The fraction of sp³-hybridized carbons (Fsp3) is 0.765. The summed E-state index contributed by atoms with van der Waals surface area (Å²) in [6.45, 7) is 1.22. The van der Waals surface area contributed by atoms with Gasteiger partial charge in [-0.25, -0.2) is 13.4 Å². The minimum absolute atomic E-state index is 0.0397. The van der Waals surface area contributed by atoms with Crippen LogP contribution in [0.15, 0.2) is 18.7 Å². The molecule has 1 saturated heterocycles. The van der Waals surface area contributed by atoms with E-state index in [-0.39, 0.29) is 23.7 Å². The molecular formula is C17H26N4O3S. The van der Waals surface area contributed by atoms with Gasteiger partial charge in [-0.15, -0.1) is 0 Å². The summed E-state index contributed by atoms with van der Waals surface area (Å²) in [5.74, 6) is 0.146. The molecule has 0 unspecified atom stereocenters. The predicted octanol–water partition coefficient (Wildman–Crippen LogP) is 1.13. The number of carbonyl (C=O) groups excluding carboxylic acids is 1. The van der Waals surface area contributed by atoms with Crippen LogP contribution in [0.5, 0.6) is 0 Å². The maximum Gasteiger partial charge on any atom is 0.227 e. The highest BCUT2D eigenvalue weighted by Gasteiger charge is 2.58. The zero-order valence-corrected chi connectivity index (χ0v) is 15.2. The van der Waals surface area contributed by atoms with Gasteiger partial charge in [0.2, 0.25) is 15.9 Å². The predicted molar refractivity (Wildman–Crippen MR) is 93.2 cm³/mol. The zero-order chi connectivity index (χ0) is 17.5. The second-order valence-corrected chi connectivity index (χ2v) is 9.59. The average molecular weight is 366 g/mol. The van der Waals surface area contributed by atoms with Crippen LogP contribution in [0, 0.1) is 5.41 Å². The van der Waals surface area contributed by atoms with Gasteiger partial charge in [0.1, 0.15) is 0 Å². The van der Waals surface area contributed by atoms with E-state index < -0.39 is 15.4 Å². The van der Waals surface area contributed by atoms with Gasteiger partial charge in [0.15, 0.2) is 0 Å². The van der Waals surface area contributed by atoms with E-state index in [1.165, 1.54) is 0 Å². The van der Waals surface area contributed by atoms with Gasteiger partial charge in [0.05, 0.1) is 17.5 Å². The molecule has 8 heteroatoms. The number of hydrogen-bond donors (Lipinski definition) is 1. The lowest BCUT2D eigenvalue weighted by Gasteiger charge is -2.51. The molecule has 7 nitrogen and oxygen atoms in total. The molecule has 1 aromatic rings. The molecule has 1 N–H and O–H groups in total. The minimum Gasteiger partial charge on any atom is -0.354 e. The molecule has 25 heavy (non-hydrogen) atoms. The maximum absolute atomic E-state index is 13.1. The number of rotatable bonds is 5. The highest BCUT2D eigenvalue weighted by Crippen LogP contribution is 2.50. The summed E-state index contributed by atoms with van der Waals surface area (Å²) in [5.41, 5.74) is -0.541. The van der Waals surface area contributed by atoms with E-state index in [9.17, 15) is 13.2 Å². The molecule has 0 bridgehead atoms. The monoisotopic (exact) mass is 366 g/mol. The molecule has 4 rings (SSSR count). The first-order valence-electron chi connectivity index (χ1n) is 9.28. The lowest BCUT2D eigenvalue weighted by atomic mass is 9.67. The van der Waals surface area contributed by atoms with Gasteiger partial charge in [-0.3, -0.25) is 4.79 Å². The number of nitrogens with one attached hydrogen (secondary N) is 1. The van der Waals surface area contributed by atoms with E-state index in [0.29, 0.717) is 19.5 Å². The van der Waals surface area contributed by atoms with Crippen LogP contribution in [0.25, 0.3) is 0 Å².